The maximum atomic E-state index is 10.8. The summed E-state index contributed by atoms with van der Waals surface area (Å²) in [6.07, 6.45) is -1.30. The third-order valence-electron chi connectivity index (χ3n) is 1.65. The van der Waals surface area contributed by atoms with Crippen LogP contribution in [0.2, 0.25) is 0 Å². The molecule has 68 valence electrons. The number of β-lactam (4-membered cyclic amide) rings is 1. The van der Waals surface area contributed by atoms with Crippen LogP contribution in [0.15, 0.2) is 0 Å². The van der Waals surface area contributed by atoms with Crippen LogP contribution in [0.25, 0.3) is 0 Å². The summed E-state index contributed by atoms with van der Waals surface area (Å²) in [5.41, 5.74) is 0. The van der Waals surface area contributed by atoms with E-state index in [1.807, 2.05) is 0 Å². The largest absolute Gasteiger partial charge is 0.441 e. The van der Waals surface area contributed by atoms with E-state index in [0.29, 0.717) is 0 Å². The minimum atomic E-state index is -0.893. The Labute approximate surface area is 69.9 Å². The SMILES string of the molecule is CC(=O)OC1CC(=O)N1C(C)O. The summed E-state index contributed by atoms with van der Waals surface area (Å²) >= 11 is 0. The molecule has 0 aromatic rings. The van der Waals surface area contributed by atoms with Crippen LogP contribution in [-0.4, -0.2) is 34.3 Å². The molecule has 1 aliphatic heterocycles. The first-order valence-corrected chi connectivity index (χ1v) is 3.69. The minimum absolute atomic E-state index is 0.171. The van der Waals surface area contributed by atoms with Crippen LogP contribution in [0.1, 0.15) is 20.3 Å². The zero-order valence-electron chi connectivity index (χ0n) is 6.98. The van der Waals surface area contributed by atoms with Crippen LogP contribution < -0.4 is 0 Å². The van der Waals surface area contributed by atoms with Crippen LogP contribution >= 0.6 is 0 Å². The summed E-state index contributed by atoms with van der Waals surface area (Å²) in [5, 5.41) is 9.04. The molecule has 1 saturated heterocycles. The molecule has 0 spiro atoms. The van der Waals surface area contributed by atoms with Crippen LogP contribution in [0.5, 0.6) is 0 Å². The fraction of sp³-hybridized carbons (Fsp3) is 0.714. The zero-order valence-corrected chi connectivity index (χ0v) is 6.98. The summed E-state index contributed by atoms with van der Waals surface area (Å²) in [4.78, 5) is 22.4. The van der Waals surface area contributed by atoms with Crippen molar-refractivity contribution in [3.63, 3.8) is 0 Å². The third kappa shape index (κ3) is 1.55. The normalized spacial score (nSPS) is 24.8. The highest BCUT2D eigenvalue weighted by Crippen LogP contribution is 2.22. The predicted octanol–water partition coefficient (Wildman–Crippen LogP) is -0.554. The second-order valence-corrected chi connectivity index (χ2v) is 2.70. The molecule has 5 heteroatoms. The Kier molecular flexibility index (Phi) is 2.32. The van der Waals surface area contributed by atoms with Gasteiger partial charge in [-0.1, -0.05) is 0 Å². The van der Waals surface area contributed by atoms with Crippen LogP contribution in [0, 0.1) is 0 Å². The molecular formula is C7H11NO4. The highest BCUT2D eigenvalue weighted by molar-refractivity contribution is 5.83. The van der Waals surface area contributed by atoms with Crippen molar-refractivity contribution in [3.8, 4) is 0 Å². The highest BCUT2D eigenvalue weighted by Gasteiger charge is 2.40. The molecule has 1 fully saturated rings. The average molecular weight is 173 g/mol. The molecule has 5 nitrogen and oxygen atoms in total. The maximum Gasteiger partial charge on any atom is 0.304 e. The highest BCUT2D eigenvalue weighted by atomic mass is 16.6. The summed E-state index contributed by atoms with van der Waals surface area (Å²) in [5.74, 6) is -0.644. The number of hydrogen-bond acceptors (Lipinski definition) is 4. The van der Waals surface area contributed by atoms with E-state index in [4.69, 9.17) is 9.84 Å². The first-order valence-electron chi connectivity index (χ1n) is 3.69. The number of carbonyl (C=O) groups excluding carboxylic acids is 2. The Morgan fingerprint density at radius 1 is 1.83 bits per heavy atom. The number of aliphatic hydroxyl groups excluding tert-OH is 1. The molecule has 0 bridgehead atoms. The lowest BCUT2D eigenvalue weighted by atomic mass is 10.1. The Hall–Kier alpha value is -1.10. The van der Waals surface area contributed by atoms with Gasteiger partial charge in [-0.3, -0.25) is 14.5 Å². The number of esters is 1. The van der Waals surface area contributed by atoms with Gasteiger partial charge in [-0.05, 0) is 6.92 Å². The fourth-order valence-electron chi connectivity index (χ4n) is 1.14. The van der Waals surface area contributed by atoms with E-state index in [9.17, 15) is 9.59 Å². The summed E-state index contributed by atoms with van der Waals surface area (Å²) in [6, 6.07) is 0. The van der Waals surface area contributed by atoms with Gasteiger partial charge in [-0.15, -0.1) is 0 Å². The van der Waals surface area contributed by atoms with E-state index in [1.165, 1.54) is 13.8 Å². The van der Waals surface area contributed by atoms with E-state index >= 15 is 0 Å². The van der Waals surface area contributed by atoms with Gasteiger partial charge in [-0.25, -0.2) is 0 Å². The number of carbonyl (C=O) groups is 2. The minimum Gasteiger partial charge on any atom is -0.441 e. The van der Waals surface area contributed by atoms with Gasteiger partial charge in [0.2, 0.25) is 5.91 Å². The lowest BCUT2D eigenvalue weighted by Crippen LogP contribution is -2.58. The second-order valence-electron chi connectivity index (χ2n) is 2.70. The summed E-state index contributed by atoms with van der Waals surface area (Å²) in [6.45, 7) is 2.72. The van der Waals surface area contributed by atoms with Crippen LogP contribution in [-0.2, 0) is 14.3 Å². The van der Waals surface area contributed by atoms with Gasteiger partial charge >= 0.3 is 5.97 Å². The molecule has 0 radical (unpaired) electrons. The van der Waals surface area contributed by atoms with Gasteiger partial charge in [0, 0.05) is 6.92 Å². The van der Waals surface area contributed by atoms with E-state index in [1.54, 1.807) is 0 Å². The summed E-state index contributed by atoms with van der Waals surface area (Å²) in [7, 11) is 0. The van der Waals surface area contributed by atoms with E-state index < -0.39 is 18.4 Å². The molecule has 1 rings (SSSR count). The van der Waals surface area contributed by atoms with Crippen molar-refractivity contribution in [3.05, 3.63) is 0 Å². The maximum absolute atomic E-state index is 10.8. The molecule has 1 amide bonds. The van der Waals surface area contributed by atoms with Crippen molar-refractivity contribution in [2.45, 2.75) is 32.7 Å². The van der Waals surface area contributed by atoms with Crippen molar-refractivity contribution in [2.24, 2.45) is 0 Å². The van der Waals surface area contributed by atoms with Gasteiger partial charge in [0.05, 0.1) is 6.42 Å². The smallest absolute Gasteiger partial charge is 0.304 e. The molecule has 1 aliphatic rings. The van der Waals surface area contributed by atoms with Gasteiger partial charge in [0.25, 0.3) is 0 Å². The molecule has 1 N–H and O–H groups in total. The van der Waals surface area contributed by atoms with Gasteiger partial charge in [0.1, 0.15) is 6.23 Å². The number of rotatable bonds is 2. The van der Waals surface area contributed by atoms with Crippen molar-refractivity contribution >= 4 is 11.9 Å². The third-order valence-corrected chi connectivity index (χ3v) is 1.65. The standard InChI is InChI=1S/C7H11NO4/c1-4(9)8-6(11)3-7(8)12-5(2)10/h4,7,9H,3H2,1-2H3. The number of nitrogens with zero attached hydrogens (tertiary/aromatic N) is 1. The first-order chi connectivity index (χ1) is 5.52. The van der Waals surface area contributed by atoms with Crippen LogP contribution in [0.3, 0.4) is 0 Å². The van der Waals surface area contributed by atoms with Gasteiger partial charge in [0.15, 0.2) is 6.23 Å². The van der Waals surface area contributed by atoms with E-state index in [2.05, 4.69) is 0 Å². The molecule has 1 heterocycles. The molecule has 0 aromatic carbocycles. The zero-order chi connectivity index (χ0) is 9.30. The fourth-order valence-corrected chi connectivity index (χ4v) is 1.14. The van der Waals surface area contributed by atoms with Crippen molar-refractivity contribution < 1.29 is 19.4 Å². The van der Waals surface area contributed by atoms with Gasteiger partial charge < -0.3 is 9.84 Å². The number of aliphatic hydroxyl groups is 1. The number of likely N-dealkylation sites (tertiary alicyclic amines) is 1. The van der Waals surface area contributed by atoms with E-state index in [0.717, 1.165) is 4.90 Å². The van der Waals surface area contributed by atoms with E-state index in [-0.39, 0.29) is 12.3 Å². The van der Waals surface area contributed by atoms with Crippen LogP contribution in [0.4, 0.5) is 0 Å². The quantitative estimate of drug-likeness (QED) is 0.449. The molecule has 2 atom stereocenters. The predicted molar refractivity (Wildman–Crippen MR) is 38.7 cm³/mol. The Balaban J connectivity index is 2.48. The molecule has 12 heavy (non-hydrogen) atoms. The molecule has 2 unspecified atom stereocenters. The van der Waals surface area contributed by atoms with Crippen molar-refractivity contribution in [1.29, 1.82) is 0 Å². The Morgan fingerprint density at radius 2 is 2.42 bits per heavy atom. The van der Waals surface area contributed by atoms with Crippen molar-refractivity contribution in [2.75, 3.05) is 0 Å². The molecule has 0 saturated carbocycles. The average Bonchev–Trinajstić information content (AvgIpc) is 1.82. The summed E-state index contributed by atoms with van der Waals surface area (Å²) < 4.78 is 4.74. The Morgan fingerprint density at radius 3 is 2.75 bits per heavy atom. The number of hydrogen-bond donors (Lipinski definition) is 1. The first kappa shape index (κ1) is 8.99. The number of ether oxygens (including phenoxy) is 1. The van der Waals surface area contributed by atoms with Crippen molar-refractivity contribution in [1.82, 2.24) is 4.90 Å². The lowest BCUT2D eigenvalue weighted by Gasteiger charge is -2.40. The topological polar surface area (TPSA) is 66.8 Å². The second kappa shape index (κ2) is 3.10. The monoisotopic (exact) mass is 173 g/mol. The lowest BCUT2D eigenvalue weighted by molar-refractivity contribution is -0.200. The number of amides is 1. The van der Waals surface area contributed by atoms with Gasteiger partial charge in [-0.2, -0.15) is 0 Å². The molecular weight excluding hydrogens is 162 g/mol. The Bertz CT molecular complexity index is 213. The molecule has 0 aliphatic carbocycles. The molecule has 0 aromatic heterocycles.